The highest BCUT2D eigenvalue weighted by molar-refractivity contribution is 5.93. The quantitative estimate of drug-likeness (QED) is 0.477. The molecule has 0 saturated heterocycles. The van der Waals surface area contributed by atoms with E-state index in [-0.39, 0.29) is 0 Å². The molecule has 0 saturated carbocycles. The van der Waals surface area contributed by atoms with Crippen molar-refractivity contribution < 1.29 is 14.2 Å². The molecule has 1 aromatic heterocycles. The molecule has 1 aromatic carbocycles. The molecule has 0 unspecified atom stereocenters. The van der Waals surface area contributed by atoms with Crippen LogP contribution in [0.4, 0.5) is 5.69 Å². The van der Waals surface area contributed by atoms with E-state index in [0.29, 0.717) is 43.1 Å². The summed E-state index contributed by atoms with van der Waals surface area (Å²) in [6.07, 6.45) is 2.75. The number of guanidine groups is 1. The standard InChI is InChI=1S/C21H30N4O3/c1-5-12-28-20-11-8-16(14-23-20)15-24-21(22-6-2)25-17-9-10-18(26-4)19(13-17)27-7-3/h8-11,13-14H,5-7,12,15H2,1-4H3,(H2,22,24,25). The first-order valence-corrected chi connectivity index (χ1v) is 9.64. The molecule has 0 aliphatic heterocycles. The monoisotopic (exact) mass is 386 g/mol. The second kappa shape index (κ2) is 11.7. The molecule has 152 valence electrons. The van der Waals surface area contributed by atoms with Crippen molar-refractivity contribution in [2.45, 2.75) is 33.7 Å². The second-order valence-corrected chi connectivity index (χ2v) is 5.97. The molecule has 0 aliphatic rings. The Morgan fingerprint density at radius 1 is 1.07 bits per heavy atom. The van der Waals surface area contributed by atoms with Crippen LogP contribution < -0.4 is 24.8 Å². The van der Waals surface area contributed by atoms with Crippen LogP contribution in [-0.4, -0.2) is 37.8 Å². The molecule has 1 heterocycles. The number of pyridine rings is 1. The van der Waals surface area contributed by atoms with E-state index in [2.05, 4.69) is 27.5 Å². The fraction of sp³-hybridized carbons (Fsp3) is 0.429. The maximum atomic E-state index is 5.63. The molecule has 7 heteroatoms. The molecule has 0 fully saturated rings. The summed E-state index contributed by atoms with van der Waals surface area (Å²) < 4.78 is 16.5. The lowest BCUT2D eigenvalue weighted by Crippen LogP contribution is -2.30. The topological polar surface area (TPSA) is 77.0 Å². The molecule has 0 aliphatic carbocycles. The molecule has 28 heavy (non-hydrogen) atoms. The van der Waals surface area contributed by atoms with Crippen molar-refractivity contribution in [3.05, 3.63) is 42.1 Å². The van der Waals surface area contributed by atoms with E-state index in [0.717, 1.165) is 24.2 Å². The number of nitrogens with zero attached hydrogens (tertiary/aromatic N) is 2. The smallest absolute Gasteiger partial charge is 0.213 e. The number of benzene rings is 1. The van der Waals surface area contributed by atoms with E-state index in [9.17, 15) is 0 Å². The van der Waals surface area contributed by atoms with Gasteiger partial charge in [0.05, 0.1) is 26.9 Å². The summed E-state index contributed by atoms with van der Waals surface area (Å²) in [7, 11) is 1.63. The number of aromatic nitrogens is 1. The maximum Gasteiger partial charge on any atom is 0.213 e. The van der Waals surface area contributed by atoms with Crippen LogP contribution in [-0.2, 0) is 6.54 Å². The van der Waals surface area contributed by atoms with E-state index >= 15 is 0 Å². The molecule has 0 bridgehead atoms. The average Bonchev–Trinajstić information content (AvgIpc) is 2.72. The SMILES string of the molecule is CCCOc1ccc(CN=C(NCC)Nc2ccc(OC)c(OCC)c2)cn1. The molecule has 0 radical (unpaired) electrons. The third-order valence-corrected chi connectivity index (χ3v) is 3.74. The molecule has 0 atom stereocenters. The van der Waals surface area contributed by atoms with Crippen molar-refractivity contribution in [1.82, 2.24) is 10.3 Å². The Labute approximate surface area is 167 Å². The van der Waals surface area contributed by atoms with Crippen LogP contribution in [0.1, 0.15) is 32.8 Å². The predicted octanol–water partition coefficient (Wildman–Crippen LogP) is 3.86. The first-order chi connectivity index (χ1) is 13.7. The van der Waals surface area contributed by atoms with Crippen LogP contribution in [0.5, 0.6) is 17.4 Å². The van der Waals surface area contributed by atoms with Crippen LogP contribution in [0, 0.1) is 0 Å². The summed E-state index contributed by atoms with van der Waals surface area (Å²) in [4.78, 5) is 8.94. The third-order valence-electron chi connectivity index (χ3n) is 3.74. The van der Waals surface area contributed by atoms with Crippen molar-refractivity contribution in [2.24, 2.45) is 4.99 Å². The molecule has 0 spiro atoms. The minimum Gasteiger partial charge on any atom is -0.493 e. The zero-order valence-electron chi connectivity index (χ0n) is 17.1. The second-order valence-electron chi connectivity index (χ2n) is 5.97. The molecule has 0 amide bonds. The first-order valence-electron chi connectivity index (χ1n) is 9.64. The van der Waals surface area contributed by atoms with Gasteiger partial charge >= 0.3 is 0 Å². The lowest BCUT2D eigenvalue weighted by atomic mass is 10.2. The van der Waals surface area contributed by atoms with Gasteiger partial charge in [0.15, 0.2) is 17.5 Å². The minimum absolute atomic E-state index is 0.505. The number of hydrogen-bond donors (Lipinski definition) is 2. The molecule has 2 rings (SSSR count). The summed E-state index contributed by atoms with van der Waals surface area (Å²) in [6, 6.07) is 9.55. The highest BCUT2D eigenvalue weighted by atomic mass is 16.5. The number of rotatable bonds is 10. The van der Waals surface area contributed by atoms with Crippen LogP contribution in [0.15, 0.2) is 41.5 Å². The van der Waals surface area contributed by atoms with Crippen molar-refractivity contribution in [2.75, 3.05) is 32.2 Å². The molecule has 2 aromatic rings. The Kier molecular flexibility index (Phi) is 8.91. The number of hydrogen-bond acceptors (Lipinski definition) is 5. The van der Waals surface area contributed by atoms with Gasteiger partial charge in [0.25, 0.3) is 0 Å². The Morgan fingerprint density at radius 3 is 2.57 bits per heavy atom. The van der Waals surface area contributed by atoms with Crippen LogP contribution in [0.3, 0.4) is 0 Å². The highest BCUT2D eigenvalue weighted by Gasteiger charge is 2.07. The number of aliphatic imine (C=N–C) groups is 1. The van der Waals surface area contributed by atoms with Gasteiger partial charge in [-0.25, -0.2) is 9.98 Å². The van der Waals surface area contributed by atoms with Crippen molar-refractivity contribution >= 4 is 11.6 Å². The normalized spacial score (nSPS) is 11.1. The van der Waals surface area contributed by atoms with Crippen molar-refractivity contribution in [1.29, 1.82) is 0 Å². The van der Waals surface area contributed by atoms with Gasteiger partial charge in [-0.15, -0.1) is 0 Å². The van der Waals surface area contributed by atoms with Gasteiger partial charge in [0.1, 0.15) is 0 Å². The van der Waals surface area contributed by atoms with Crippen LogP contribution in [0.25, 0.3) is 0 Å². The van der Waals surface area contributed by atoms with E-state index in [1.165, 1.54) is 0 Å². The Balaban J connectivity index is 2.06. The van der Waals surface area contributed by atoms with Crippen molar-refractivity contribution in [3.8, 4) is 17.4 Å². The van der Waals surface area contributed by atoms with E-state index in [1.54, 1.807) is 13.3 Å². The Morgan fingerprint density at radius 2 is 1.93 bits per heavy atom. The molecule has 2 N–H and O–H groups in total. The average molecular weight is 386 g/mol. The lowest BCUT2D eigenvalue weighted by molar-refractivity contribution is 0.305. The van der Waals surface area contributed by atoms with E-state index < -0.39 is 0 Å². The zero-order valence-corrected chi connectivity index (χ0v) is 17.1. The summed E-state index contributed by atoms with van der Waals surface area (Å²) in [5.74, 6) is 2.71. The zero-order chi connectivity index (χ0) is 20.2. The predicted molar refractivity (Wildman–Crippen MR) is 113 cm³/mol. The van der Waals surface area contributed by atoms with Gasteiger partial charge in [0, 0.05) is 30.6 Å². The van der Waals surface area contributed by atoms with Gasteiger partial charge in [-0.3, -0.25) is 0 Å². The largest absolute Gasteiger partial charge is 0.493 e. The van der Waals surface area contributed by atoms with Crippen LogP contribution in [0.2, 0.25) is 0 Å². The van der Waals surface area contributed by atoms with Crippen LogP contribution >= 0.6 is 0 Å². The number of anilines is 1. The van der Waals surface area contributed by atoms with E-state index in [1.807, 2.05) is 44.2 Å². The van der Waals surface area contributed by atoms with E-state index in [4.69, 9.17) is 14.2 Å². The fourth-order valence-electron chi connectivity index (χ4n) is 2.43. The first kappa shape index (κ1) is 21.3. The van der Waals surface area contributed by atoms with Gasteiger partial charge in [0.2, 0.25) is 5.88 Å². The van der Waals surface area contributed by atoms with Crippen molar-refractivity contribution in [3.63, 3.8) is 0 Å². The lowest BCUT2D eigenvalue weighted by Gasteiger charge is -2.14. The summed E-state index contributed by atoms with van der Waals surface area (Å²) >= 11 is 0. The number of nitrogens with one attached hydrogen (secondary N) is 2. The number of methoxy groups -OCH3 is 1. The Bertz CT molecular complexity index is 748. The molecule has 7 nitrogen and oxygen atoms in total. The minimum atomic E-state index is 0.505. The maximum absolute atomic E-state index is 5.63. The number of ether oxygens (including phenoxy) is 3. The van der Waals surface area contributed by atoms with Gasteiger partial charge in [-0.05, 0) is 38.0 Å². The Hall–Kier alpha value is -2.96. The van der Waals surface area contributed by atoms with Gasteiger partial charge in [-0.1, -0.05) is 13.0 Å². The summed E-state index contributed by atoms with van der Waals surface area (Å²) in [5, 5.41) is 6.54. The third kappa shape index (κ3) is 6.64. The summed E-state index contributed by atoms with van der Waals surface area (Å²) in [6.45, 7) is 8.53. The fourth-order valence-corrected chi connectivity index (χ4v) is 2.43. The van der Waals surface area contributed by atoms with Gasteiger partial charge in [-0.2, -0.15) is 0 Å². The molecular formula is C21H30N4O3. The highest BCUT2D eigenvalue weighted by Crippen LogP contribution is 2.30. The summed E-state index contributed by atoms with van der Waals surface area (Å²) in [5.41, 5.74) is 1.87. The van der Waals surface area contributed by atoms with Gasteiger partial charge < -0.3 is 24.8 Å². The molecular weight excluding hydrogens is 356 g/mol.